The van der Waals surface area contributed by atoms with E-state index in [2.05, 4.69) is 22.6 Å². The molecule has 1 N–H and O–H groups in total. The van der Waals surface area contributed by atoms with Crippen LogP contribution in [-0.4, -0.2) is 23.0 Å². The number of hydrogen-bond acceptors (Lipinski definition) is 5. The number of rotatable bonds is 5. The Hall–Kier alpha value is -2.11. The lowest BCUT2D eigenvalue weighted by molar-refractivity contribution is -0.152. The Morgan fingerprint density at radius 1 is 1.20 bits per heavy atom. The Bertz CT molecular complexity index is 327. The van der Waals surface area contributed by atoms with Gasteiger partial charge < -0.3 is 14.6 Å². The van der Waals surface area contributed by atoms with E-state index in [0.717, 1.165) is 6.92 Å². The molecule has 0 aliphatic rings. The number of carboxylic acid groups (broad SMARTS) is 1. The van der Waals surface area contributed by atoms with E-state index in [9.17, 15) is 14.4 Å². The Morgan fingerprint density at radius 3 is 2.13 bits per heavy atom. The molecule has 0 heterocycles. The number of aliphatic carboxylic acids is 1. The van der Waals surface area contributed by atoms with Gasteiger partial charge in [0.05, 0.1) is 6.42 Å². The van der Waals surface area contributed by atoms with Crippen molar-refractivity contribution in [1.82, 2.24) is 0 Å². The molecule has 0 aromatic rings. The Kier molecular flexibility index (Phi) is 4.80. The van der Waals surface area contributed by atoms with E-state index < -0.39 is 30.3 Å². The summed E-state index contributed by atoms with van der Waals surface area (Å²) in [6.45, 7) is 7.35. The molecule has 0 unspecified atom stereocenters. The maximum Gasteiger partial charge on any atom is 0.331 e. The van der Waals surface area contributed by atoms with Crippen LogP contribution in [-0.2, 0) is 23.9 Å². The zero-order chi connectivity index (χ0) is 12.0. The van der Waals surface area contributed by atoms with Gasteiger partial charge in [0.25, 0.3) is 5.95 Å². The third-order valence-electron chi connectivity index (χ3n) is 1.15. The molecule has 0 aromatic heterocycles. The third kappa shape index (κ3) is 6.03. The van der Waals surface area contributed by atoms with Crippen molar-refractivity contribution >= 4 is 17.9 Å². The molecule has 6 nitrogen and oxygen atoms in total. The smallest absolute Gasteiger partial charge is 0.331 e. The average Bonchev–Trinajstić information content (AvgIpc) is 2.00. The van der Waals surface area contributed by atoms with E-state index in [-0.39, 0.29) is 5.57 Å². The molecule has 0 aliphatic carbocycles. The molecule has 0 bridgehead atoms. The lowest BCUT2D eigenvalue weighted by atomic mass is 10.2. The van der Waals surface area contributed by atoms with E-state index in [0.29, 0.717) is 0 Å². The largest absolute Gasteiger partial charge is 0.478 e. The number of hydrogen-bond donors (Lipinski definition) is 1. The van der Waals surface area contributed by atoms with Crippen molar-refractivity contribution in [3.8, 4) is 0 Å². The first kappa shape index (κ1) is 12.9. The highest BCUT2D eigenvalue weighted by Gasteiger charge is 2.13. The van der Waals surface area contributed by atoms with Gasteiger partial charge in [0, 0.05) is 12.5 Å². The van der Waals surface area contributed by atoms with Crippen molar-refractivity contribution in [2.24, 2.45) is 0 Å². The van der Waals surface area contributed by atoms with Crippen LogP contribution in [0.15, 0.2) is 24.7 Å². The highest BCUT2D eigenvalue weighted by atomic mass is 16.7. The Balaban J connectivity index is 4.04. The first-order valence-corrected chi connectivity index (χ1v) is 3.82. The summed E-state index contributed by atoms with van der Waals surface area (Å²) in [5, 5.41) is 8.40. The minimum absolute atomic E-state index is 0.323. The molecule has 0 spiro atoms. The summed E-state index contributed by atoms with van der Waals surface area (Å²) >= 11 is 0. The van der Waals surface area contributed by atoms with E-state index in [1.54, 1.807) is 0 Å². The van der Waals surface area contributed by atoms with E-state index in [1.807, 2.05) is 0 Å². The number of carboxylic acids is 1. The summed E-state index contributed by atoms with van der Waals surface area (Å²) < 4.78 is 8.69. The van der Waals surface area contributed by atoms with Crippen LogP contribution in [0, 0.1) is 0 Å². The normalized spacial score (nSPS) is 8.87. The van der Waals surface area contributed by atoms with Crippen LogP contribution in [0.4, 0.5) is 0 Å². The predicted octanol–water partition coefficient (Wildman–Crippen LogP) is 0.595. The quantitative estimate of drug-likeness (QED) is 0.409. The van der Waals surface area contributed by atoms with Gasteiger partial charge >= 0.3 is 17.9 Å². The lowest BCUT2D eigenvalue weighted by Crippen LogP contribution is -2.11. The van der Waals surface area contributed by atoms with Crippen molar-refractivity contribution in [1.29, 1.82) is 0 Å². The molecular weight excluding hydrogens is 204 g/mol. The van der Waals surface area contributed by atoms with Crippen molar-refractivity contribution < 1.29 is 29.0 Å². The minimum atomic E-state index is -1.30. The van der Waals surface area contributed by atoms with Gasteiger partial charge in [-0.15, -0.1) is 0 Å². The molecule has 0 rings (SSSR count). The number of carbonyl (C=O) groups excluding carboxylic acids is 2. The SMILES string of the molecule is C=C(OC(C)=O)OC(=O)CC(=C)C(=O)O. The van der Waals surface area contributed by atoms with Gasteiger partial charge in [0.15, 0.2) is 0 Å². The van der Waals surface area contributed by atoms with Crippen molar-refractivity contribution in [3.05, 3.63) is 24.7 Å². The van der Waals surface area contributed by atoms with Crippen LogP contribution in [0.5, 0.6) is 0 Å². The van der Waals surface area contributed by atoms with E-state index in [4.69, 9.17) is 5.11 Å². The maximum atomic E-state index is 11.0. The second-order valence-electron chi connectivity index (χ2n) is 2.53. The standard InChI is InChI=1S/C9H10O6/c1-5(9(12)13)4-8(11)15-7(3)14-6(2)10/h1,3-4H2,2H3,(H,12,13). The summed E-state index contributed by atoms with van der Waals surface area (Å²) in [5.74, 6) is -3.39. The van der Waals surface area contributed by atoms with Crippen LogP contribution in [0.2, 0.25) is 0 Å². The monoisotopic (exact) mass is 214 g/mol. The molecular formula is C9H10O6. The van der Waals surface area contributed by atoms with Crippen molar-refractivity contribution in [3.63, 3.8) is 0 Å². The van der Waals surface area contributed by atoms with Gasteiger partial charge in [-0.3, -0.25) is 9.59 Å². The molecule has 15 heavy (non-hydrogen) atoms. The fourth-order valence-corrected chi connectivity index (χ4v) is 0.594. The van der Waals surface area contributed by atoms with Gasteiger partial charge in [-0.1, -0.05) is 6.58 Å². The maximum absolute atomic E-state index is 11.0. The van der Waals surface area contributed by atoms with Gasteiger partial charge in [-0.25, -0.2) is 4.79 Å². The van der Waals surface area contributed by atoms with Crippen LogP contribution in [0.1, 0.15) is 13.3 Å². The molecule has 0 saturated heterocycles. The van der Waals surface area contributed by atoms with E-state index in [1.165, 1.54) is 0 Å². The second kappa shape index (κ2) is 5.58. The van der Waals surface area contributed by atoms with Crippen LogP contribution < -0.4 is 0 Å². The Labute approximate surface area is 85.8 Å². The van der Waals surface area contributed by atoms with Gasteiger partial charge in [0.2, 0.25) is 0 Å². The first-order chi connectivity index (χ1) is 6.82. The van der Waals surface area contributed by atoms with Gasteiger partial charge in [0.1, 0.15) is 0 Å². The topological polar surface area (TPSA) is 89.9 Å². The third-order valence-corrected chi connectivity index (χ3v) is 1.15. The zero-order valence-corrected chi connectivity index (χ0v) is 8.11. The molecule has 0 aromatic carbocycles. The molecule has 0 radical (unpaired) electrons. The van der Waals surface area contributed by atoms with Gasteiger partial charge in [-0.05, 0) is 6.58 Å². The summed E-state index contributed by atoms with van der Waals surface area (Å²) in [6.07, 6.45) is -0.504. The molecule has 0 fully saturated rings. The summed E-state index contributed by atoms with van der Waals surface area (Å²) in [7, 11) is 0. The molecule has 6 heteroatoms. The Morgan fingerprint density at radius 2 is 1.73 bits per heavy atom. The minimum Gasteiger partial charge on any atom is -0.478 e. The molecule has 0 aliphatic heterocycles. The van der Waals surface area contributed by atoms with Crippen LogP contribution in [0.25, 0.3) is 0 Å². The molecule has 82 valence electrons. The summed E-state index contributed by atoms with van der Waals surface area (Å²) in [5.41, 5.74) is -0.323. The number of carbonyl (C=O) groups is 3. The van der Waals surface area contributed by atoms with Crippen LogP contribution in [0.3, 0.4) is 0 Å². The average molecular weight is 214 g/mol. The fourth-order valence-electron chi connectivity index (χ4n) is 0.594. The summed E-state index contributed by atoms with van der Waals surface area (Å²) in [6, 6.07) is 0. The van der Waals surface area contributed by atoms with Crippen molar-refractivity contribution in [2.75, 3.05) is 0 Å². The van der Waals surface area contributed by atoms with Gasteiger partial charge in [-0.2, -0.15) is 0 Å². The zero-order valence-electron chi connectivity index (χ0n) is 8.11. The first-order valence-electron chi connectivity index (χ1n) is 3.82. The number of esters is 2. The highest BCUT2D eigenvalue weighted by molar-refractivity contribution is 5.92. The summed E-state index contributed by atoms with van der Waals surface area (Å²) in [4.78, 5) is 31.6. The van der Waals surface area contributed by atoms with Crippen LogP contribution >= 0.6 is 0 Å². The highest BCUT2D eigenvalue weighted by Crippen LogP contribution is 2.04. The lowest BCUT2D eigenvalue weighted by Gasteiger charge is -2.05. The van der Waals surface area contributed by atoms with E-state index >= 15 is 0 Å². The molecule has 0 amide bonds. The second-order valence-corrected chi connectivity index (χ2v) is 2.53. The number of ether oxygens (including phenoxy) is 2. The fraction of sp³-hybridized carbons (Fsp3) is 0.222. The molecule has 0 atom stereocenters. The predicted molar refractivity (Wildman–Crippen MR) is 48.4 cm³/mol. The van der Waals surface area contributed by atoms with Crippen molar-refractivity contribution in [2.45, 2.75) is 13.3 Å². The molecule has 0 saturated carbocycles.